The molecule has 2 aromatic rings. The van der Waals surface area contributed by atoms with Crippen molar-refractivity contribution in [2.24, 2.45) is 0 Å². The van der Waals surface area contributed by atoms with Gasteiger partial charge in [-0.2, -0.15) is 0 Å². The molecule has 7 heteroatoms. The summed E-state index contributed by atoms with van der Waals surface area (Å²) in [5.41, 5.74) is 1.27. The minimum Gasteiger partial charge on any atom is -0.496 e. The Labute approximate surface area is 163 Å². The van der Waals surface area contributed by atoms with E-state index < -0.39 is 0 Å². The van der Waals surface area contributed by atoms with Gasteiger partial charge in [-0.3, -0.25) is 9.59 Å². The molecule has 0 spiro atoms. The van der Waals surface area contributed by atoms with Crippen LogP contribution in [-0.4, -0.2) is 50.1 Å². The largest absolute Gasteiger partial charge is 0.496 e. The van der Waals surface area contributed by atoms with Crippen molar-refractivity contribution in [3.63, 3.8) is 0 Å². The molecule has 28 heavy (non-hydrogen) atoms. The number of carbonyl (C=O) groups is 2. The number of rotatable bonds is 7. The predicted octanol–water partition coefficient (Wildman–Crippen LogP) is 2.42. The van der Waals surface area contributed by atoms with Crippen LogP contribution in [0.5, 0.6) is 11.5 Å². The lowest BCUT2D eigenvalue weighted by Crippen LogP contribution is -2.37. The molecule has 148 valence electrons. The van der Waals surface area contributed by atoms with E-state index in [1.165, 1.54) is 26.4 Å². The van der Waals surface area contributed by atoms with E-state index in [9.17, 15) is 14.0 Å². The highest BCUT2D eigenvalue weighted by Crippen LogP contribution is 2.28. The Hall–Kier alpha value is -3.09. The fraction of sp³-hybridized carbons (Fsp3) is 0.333. The Morgan fingerprint density at radius 2 is 1.79 bits per heavy atom. The van der Waals surface area contributed by atoms with Crippen LogP contribution in [0.3, 0.4) is 0 Å². The fourth-order valence-corrected chi connectivity index (χ4v) is 3.33. The zero-order valence-electron chi connectivity index (χ0n) is 15.9. The van der Waals surface area contributed by atoms with Crippen molar-refractivity contribution in [3.05, 3.63) is 59.4 Å². The molecule has 1 fully saturated rings. The van der Waals surface area contributed by atoms with Crippen LogP contribution in [-0.2, 0) is 11.2 Å². The Kier molecular flexibility index (Phi) is 6.13. The molecule has 0 saturated carbocycles. The highest BCUT2D eigenvalue weighted by molar-refractivity contribution is 6.00. The Bertz CT molecular complexity index is 832. The number of carbonyl (C=O) groups excluding carboxylic acids is 2. The first-order chi connectivity index (χ1) is 13.5. The van der Waals surface area contributed by atoms with E-state index in [1.807, 2.05) is 0 Å². The van der Waals surface area contributed by atoms with Crippen LogP contribution in [0.25, 0.3) is 0 Å². The summed E-state index contributed by atoms with van der Waals surface area (Å²) < 4.78 is 23.5. The minimum absolute atomic E-state index is 0.0144. The van der Waals surface area contributed by atoms with Crippen molar-refractivity contribution in [3.8, 4) is 11.5 Å². The maximum Gasteiger partial charge on any atom is 0.259 e. The molecule has 1 N–H and O–H groups in total. The van der Waals surface area contributed by atoms with Gasteiger partial charge in [0.2, 0.25) is 5.91 Å². The second-order valence-corrected chi connectivity index (χ2v) is 6.63. The second kappa shape index (κ2) is 8.73. The van der Waals surface area contributed by atoms with Gasteiger partial charge in [-0.15, -0.1) is 0 Å². The van der Waals surface area contributed by atoms with E-state index >= 15 is 0 Å². The smallest absolute Gasteiger partial charge is 0.259 e. The van der Waals surface area contributed by atoms with Crippen LogP contribution < -0.4 is 14.8 Å². The Balaban J connectivity index is 1.61. The maximum atomic E-state index is 13.0. The summed E-state index contributed by atoms with van der Waals surface area (Å²) in [6, 6.07) is 11.1. The van der Waals surface area contributed by atoms with E-state index in [2.05, 4.69) is 5.32 Å². The summed E-state index contributed by atoms with van der Waals surface area (Å²) >= 11 is 0. The average molecular weight is 386 g/mol. The number of nitrogens with one attached hydrogen (secondary N) is 1. The number of likely N-dealkylation sites (tertiary alicyclic amines) is 1. The van der Waals surface area contributed by atoms with Crippen molar-refractivity contribution in [2.45, 2.75) is 18.9 Å². The Morgan fingerprint density at radius 3 is 2.39 bits per heavy atom. The highest BCUT2D eigenvalue weighted by atomic mass is 19.1. The SMILES string of the molecule is COc1cccc(OC)c1C(=O)NC1CC(=O)N(CCc2ccc(F)cc2)C1. The third-order valence-corrected chi connectivity index (χ3v) is 4.79. The van der Waals surface area contributed by atoms with Gasteiger partial charge in [0.25, 0.3) is 5.91 Å². The predicted molar refractivity (Wildman–Crippen MR) is 102 cm³/mol. The number of halogens is 1. The van der Waals surface area contributed by atoms with Gasteiger partial charge < -0.3 is 19.7 Å². The lowest BCUT2D eigenvalue weighted by atomic mass is 10.1. The van der Waals surface area contributed by atoms with Crippen molar-refractivity contribution in [1.29, 1.82) is 0 Å². The number of methoxy groups -OCH3 is 2. The van der Waals surface area contributed by atoms with Gasteiger partial charge in [0.15, 0.2) is 0 Å². The summed E-state index contributed by atoms with van der Waals surface area (Å²) in [6.07, 6.45) is 0.875. The van der Waals surface area contributed by atoms with Gasteiger partial charge in [0, 0.05) is 19.5 Å². The number of hydrogen-bond donors (Lipinski definition) is 1. The number of hydrogen-bond acceptors (Lipinski definition) is 4. The molecule has 2 amide bonds. The number of amides is 2. The Morgan fingerprint density at radius 1 is 1.14 bits per heavy atom. The topological polar surface area (TPSA) is 67.9 Å². The molecule has 1 saturated heterocycles. The summed E-state index contributed by atoms with van der Waals surface area (Å²) in [5, 5.41) is 2.90. The summed E-state index contributed by atoms with van der Waals surface area (Å²) in [7, 11) is 2.98. The third kappa shape index (κ3) is 4.42. The average Bonchev–Trinajstić information content (AvgIpc) is 3.05. The van der Waals surface area contributed by atoms with Crippen molar-refractivity contribution >= 4 is 11.8 Å². The maximum absolute atomic E-state index is 13.0. The molecule has 1 aliphatic heterocycles. The van der Waals surface area contributed by atoms with Crippen LogP contribution in [0, 0.1) is 5.82 Å². The lowest BCUT2D eigenvalue weighted by molar-refractivity contribution is -0.127. The molecule has 3 rings (SSSR count). The zero-order chi connectivity index (χ0) is 20.1. The molecule has 1 aliphatic rings. The number of ether oxygens (including phenoxy) is 2. The highest BCUT2D eigenvalue weighted by Gasteiger charge is 2.31. The summed E-state index contributed by atoms with van der Waals surface area (Å²) in [6.45, 7) is 0.956. The molecule has 2 aromatic carbocycles. The molecule has 1 heterocycles. The van der Waals surface area contributed by atoms with E-state index in [0.717, 1.165) is 5.56 Å². The second-order valence-electron chi connectivity index (χ2n) is 6.63. The fourth-order valence-electron chi connectivity index (χ4n) is 3.33. The summed E-state index contributed by atoms with van der Waals surface area (Å²) in [4.78, 5) is 26.8. The van der Waals surface area contributed by atoms with Gasteiger partial charge in [-0.25, -0.2) is 4.39 Å². The minimum atomic E-state index is -0.340. The van der Waals surface area contributed by atoms with Crippen LogP contribution >= 0.6 is 0 Å². The van der Waals surface area contributed by atoms with Gasteiger partial charge in [-0.05, 0) is 36.2 Å². The first-order valence-electron chi connectivity index (χ1n) is 9.06. The normalized spacial score (nSPS) is 16.2. The molecule has 0 aliphatic carbocycles. The quantitative estimate of drug-likeness (QED) is 0.794. The number of nitrogens with zero attached hydrogens (tertiary/aromatic N) is 1. The molecule has 6 nitrogen and oxygen atoms in total. The molecule has 0 radical (unpaired) electrons. The van der Waals surface area contributed by atoms with Gasteiger partial charge in [0.1, 0.15) is 22.9 Å². The van der Waals surface area contributed by atoms with E-state index in [-0.39, 0.29) is 30.1 Å². The van der Waals surface area contributed by atoms with Crippen molar-refractivity contribution < 1.29 is 23.5 Å². The van der Waals surface area contributed by atoms with Crippen LogP contribution in [0.1, 0.15) is 22.3 Å². The van der Waals surface area contributed by atoms with Gasteiger partial charge in [-0.1, -0.05) is 18.2 Å². The van der Waals surface area contributed by atoms with Gasteiger partial charge >= 0.3 is 0 Å². The molecule has 0 bridgehead atoms. The monoisotopic (exact) mass is 386 g/mol. The van der Waals surface area contributed by atoms with Crippen LogP contribution in [0.4, 0.5) is 4.39 Å². The van der Waals surface area contributed by atoms with Crippen LogP contribution in [0.15, 0.2) is 42.5 Å². The zero-order valence-corrected chi connectivity index (χ0v) is 15.9. The van der Waals surface area contributed by atoms with Gasteiger partial charge in [0.05, 0.1) is 20.3 Å². The van der Waals surface area contributed by atoms with Crippen molar-refractivity contribution in [2.75, 3.05) is 27.3 Å². The molecule has 0 aromatic heterocycles. The molecule has 1 unspecified atom stereocenters. The molecular formula is C21H23FN2O4. The standard InChI is InChI=1S/C21H23FN2O4/c1-27-17-4-3-5-18(28-2)20(17)21(26)23-16-12-19(25)24(13-16)11-10-14-6-8-15(22)9-7-14/h3-9,16H,10-13H2,1-2H3,(H,23,26). The molecular weight excluding hydrogens is 363 g/mol. The van der Waals surface area contributed by atoms with E-state index in [1.54, 1.807) is 35.2 Å². The third-order valence-electron chi connectivity index (χ3n) is 4.79. The first kappa shape index (κ1) is 19.7. The molecule has 1 atom stereocenters. The first-order valence-corrected chi connectivity index (χ1v) is 9.06. The number of benzene rings is 2. The van der Waals surface area contributed by atoms with Crippen LogP contribution in [0.2, 0.25) is 0 Å². The van der Waals surface area contributed by atoms with Crippen molar-refractivity contribution in [1.82, 2.24) is 10.2 Å². The summed E-state index contributed by atoms with van der Waals surface area (Å²) in [5.74, 6) is 0.186. The van der Waals surface area contributed by atoms with E-state index in [4.69, 9.17) is 9.47 Å². The lowest BCUT2D eigenvalue weighted by Gasteiger charge is -2.18. The van der Waals surface area contributed by atoms with E-state index in [0.29, 0.717) is 36.6 Å².